The second kappa shape index (κ2) is 8.52. The third-order valence-electron chi connectivity index (χ3n) is 2.64. The van der Waals surface area contributed by atoms with Gasteiger partial charge in [-0.15, -0.1) is 4.83 Å². The van der Waals surface area contributed by atoms with Crippen LogP contribution in [0.4, 0.5) is 0 Å². The first-order valence-corrected chi connectivity index (χ1v) is 9.80. The summed E-state index contributed by atoms with van der Waals surface area (Å²) in [5, 5.41) is 0.140. The fourth-order valence-electron chi connectivity index (χ4n) is 1.50. The molecule has 1 amide bonds. The average Bonchev–Trinajstić information content (AvgIpc) is 2.55. The summed E-state index contributed by atoms with van der Waals surface area (Å²) in [6, 6.07) is 7.15. The van der Waals surface area contributed by atoms with Crippen LogP contribution in [0.2, 0.25) is 15.2 Å². The summed E-state index contributed by atoms with van der Waals surface area (Å²) in [7, 11) is -3.91. The SMILES string of the molecule is O=C(COc1nc(Cl)c(Cl)cc1Cl)NNS(=O)(=O)c1ccc(Br)cc1. The van der Waals surface area contributed by atoms with Crippen molar-refractivity contribution in [3.8, 4) is 5.88 Å². The Bertz CT molecular complexity index is 894. The molecule has 0 fully saturated rings. The molecule has 0 saturated heterocycles. The molecule has 0 spiro atoms. The number of rotatable bonds is 6. The quantitative estimate of drug-likeness (QED) is 0.480. The molecule has 0 saturated carbocycles. The maximum absolute atomic E-state index is 12.0. The smallest absolute Gasteiger partial charge is 0.272 e. The molecule has 2 N–H and O–H groups in total. The number of nitrogens with one attached hydrogen (secondary N) is 2. The molecule has 0 radical (unpaired) electrons. The minimum absolute atomic E-state index is 0.0221. The van der Waals surface area contributed by atoms with Crippen LogP contribution in [0.1, 0.15) is 0 Å². The van der Waals surface area contributed by atoms with Gasteiger partial charge in [0.05, 0.1) is 9.92 Å². The maximum Gasteiger partial charge on any atom is 0.272 e. The van der Waals surface area contributed by atoms with E-state index in [1.807, 2.05) is 10.3 Å². The number of halogens is 4. The normalized spacial score (nSPS) is 11.2. The number of hydrogen-bond acceptors (Lipinski definition) is 5. The van der Waals surface area contributed by atoms with Crippen molar-refractivity contribution < 1.29 is 17.9 Å². The molecule has 2 rings (SSSR count). The third kappa shape index (κ3) is 5.70. The summed E-state index contributed by atoms with van der Waals surface area (Å²) in [6.07, 6.45) is 0. The van der Waals surface area contributed by atoms with Crippen LogP contribution in [0, 0.1) is 0 Å². The summed E-state index contributed by atoms with van der Waals surface area (Å²) in [5.41, 5.74) is 2.01. The summed E-state index contributed by atoms with van der Waals surface area (Å²) in [6.45, 7) is -0.548. The molecule has 1 heterocycles. The lowest BCUT2D eigenvalue weighted by Gasteiger charge is -2.10. The van der Waals surface area contributed by atoms with Crippen molar-refractivity contribution in [1.82, 2.24) is 15.2 Å². The molecule has 0 bridgehead atoms. The standard InChI is InChI=1S/C13H9BrCl3N3O4S/c14-7-1-3-8(4-2-7)25(22,23)20-19-11(21)6-24-13-10(16)5-9(15)12(17)18-13/h1-5,20H,6H2,(H,19,21). The Labute approximate surface area is 166 Å². The molecule has 2 aromatic rings. The molecule has 134 valence electrons. The molecular formula is C13H9BrCl3N3O4S. The molecular weight excluding hydrogens is 480 g/mol. The van der Waals surface area contributed by atoms with E-state index in [-0.39, 0.29) is 26.0 Å². The van der Waals surface area contributed by atoms with Crippen LogP contribution in [0.15, 0.2) is 39.7 Å². The summed E-state index contributed by atoms with van der Waals surface area (Å²) in [4.78, 5) is 17.4. The van der Waals surface area contributed by atoms with Crippen LogP contribution in [0.25, 0.3) is 0 Å². The molecule has 0 aliphatic rings. The van der Waals surface area contributed by atoms with Crippen LogP contribution in [0.3, 0.4) is 0 Å². The zero-order chi connectivity index (χ0) is 18.6. The highest BCUT2D eigenvalue weighted by atomic mass is 79.9. The number of aromatic nitrogens is 1. The predicted molar refractivity (Wildman–Crippen MR) is 97.4 cm³/mol. The lowest BCUT2D eigenvalue weighted by atomic mass is 10.4. The second-order valence-corrected chi connectivity index (χ2v) is 8.21. The first-order valence-electron chi connectivity index (χ1n) is 6.39. The van der Waals surface area contributed by atoms with Crippen molar-refractivity contribution >= 4 is 66.7 Å². The molecule has 25 heavy (non-hydrogen) atoms. The highest BCUT2D eigenvalue weighted by molar-refractivity contribution is 9.10. The van der Waals surface area contributed by atoms with Gasteiger partial charge < -0.3 is 4.74 Å². The minimum Gasteiger partial charge on any atom is -0.466 e. The molecule has 0 unspecified atom stereocenters. The maximum atomic E-state index is 12.0. The van der Waals surface area contributed by atoms with Crippen LogP contribution in [0.5, 0.6) is 5.88 Å². The van der Waals surface area contributed by atoms with E-state index < -0.39 is 22.5 Å². The van der Waals surface area contributed by atoms with Crippen molar-refractivity contribution in [2.45, 2.75) is 4.90 Å². The second-order valence-electron chi connectivity index (χ2n) is 4.44. The zero-order valence-electron chi connectivity index (χ0n) is 12.1. The van der Waals surface area contributed by atoms with E-state index in [0.717, 1.165) is 4.47 Å². The number of ether oxygens (including phenoxy) is 1. The number of amides is 1. The number of carbonyl (C=O) groups excluding carboxylic acids is 1. The summed E-state index contributed by atoms with van der Waals surface area (Å²) in [5.74, 6) is -0.883. The molecule has 1 aromatic carbocycles. The number of sulfonamides is 1. The van der Waals surface area contributed by atoms with Gasteiger partial charge in [-0.3, -0.25) is 10.2 Å². The van der Waals surface area contributed by atoms with Gasteiger partial charge in [-0.25, -0.2) is 8.42 Å². The van der Waals surface area contributed by atoms with E-state index in [4.69, 9.17) is 39.5 Å². The van der Waals surface area contributed by atoms with Gasteiger partial charge in [0.2, 0.25) is 5.88 Å². The monoisotopic (exact) mass is 487 g/mol. The topological polar surface area (TPSA) is 97.4 Å². The van der Waals surface area contributed by atoms with Crippen molar-refractivity contribution in [2.24, 2.45) is 0 Å². The number of pyridine rings is 1. The number of benzene rings is 1. The Balaban J connectivity index is 1.92. The molecule has 12 heteroatoms. The number of hydrazine groups is 1. The largest absolute Gasteiger partial charge is 0.466 e. The van der Waals surface area contributed by atoms with Crippen molar-refractivity contribution in [3.05, 3.63) is 50.0 Å². The van der Waals surface area contributed by atoms with Gasteiger partial charge in [-0.2, -0.15) is 4.98 Å². The van der Waals surface area contributed by atoms with Crippen LogP contribution >= 0.6 is 50.7 Å². The van der Waals surface area contributed by atoms with Gasteiger partial charge in [0.1, 0.15) is 5.02 Å². The lowest BCUT2D eigenvalue weighted by molar-refractivity contribution is -0.123. The molecule has 0 aliphatic carbocycles. The number of nitrogens with zero attached hydrogens (tertiary/aromatic N) is 1. The first kappa shape index (κ1) is 20.2. The highest BCUT2D eigenvalue weighted by Crippen LogP contribution is 2.30. The van der Waals surface area contributed by atoms with Gasteiger partial charge >= 0.3 is 0 Å². The zero-order valence-corrected chi connectivity index (χ0v) is 16.8. The Kier molecular flexibility index (Phi) is 6.89. The van der Waals surface area contributed by atoms with Crippen molar-refractivity contribution in [3.63, 3.8) is 0 Å². The number of carbonyl (C=O) groups is 1. The van der Waals surface area contributed by atoms with Crippen molar-refractivity contribution in [2.75, 3.05) is 6.61 Å². The summed E-state index contributed by atoms with van der Waals surface area (Å²) < 4.78 is 29.8. The molecule has 0 aliphatic heterocycles. The van der Waals surface area contributed by atoms with E-state index in [1.54, 1.807) is 12.1 Å². The van der Waals surface area contributed by atoms with E-state index in [2.05, 4.69) is 20.9 Å². The van der Waals surface area contributed by atoms with Gasteiger partial charge in [-0.05, 0) is 30.3 Å². The predicted octanol–water partition coefficient (Wildman–Crippen LogP) is 3.19. The highest BCUT2D eigenvalue weighted by Gasteiger charge is 2.16. The third-order valence-corrected chi connectivity index (χ3v) is 5.38. The average molecular weight is 490 g/mol. The van der Waals surface area contributed by atoms with Crippen molar-refractivity contribution in [1.29, 1.82) is 0 Å². The van der Waals surface area contributed by atoms with Crippen LogP contribution < -0.4 is 15.0 Å². The van der Waals surface area contributed by atoms with E-state index in [0.29, 0.717) is 0 Å². The van der Waals surface area contributed by atoms with E-state index in [1.165, 1.54) is 18.2 Å². The van der Waals surface area contributed by atoms with Crippen LogP contribution in [-0.2, 0) is 14.8 Å². The Morgan fingerprint density at radius 3 is 2.44 bits per heavy atom. The van der Waals surface area contributed by atoms with Gasteiger partial charge in [-0.1, -0.05) is 50.7 Å². The Morgan fingerprint density at radius 1 is 1.16 bits per heavy atom. The van der Waals surface area contributed by atoms with E-state index >= 15 is 0 Å². The molecule has 1 aromatic heterocycles. The fraction of sp³-hybridized carbons (Fsp3) is 0.0769. The summed E-state index contributed by atoms with van der Waals surface area (Å²) >= 11 is 20.5. The van der Waals surface area contributed by atoms with Gasteiger partial charge in [0.25, 0.3) is 15.9 Å². The number of hydrogen-bond donors (Lipinski definition) is 2. The minimum atomic E-state index is -3.91. The Morgan fingerprint density at radius 2 is 1.80 bits per heavy atom. The first-order chi connectivity index (χ1) is 11.7. The van der Waals surface area contributed by atoms with Crippen LogP contribution in [-0.4, -0.2) is 25.9 Å². The lowest BCUT2D eigenvalue weighted by Crippen LogP contribution is -2.43. The molecule has 7 nitrogen and oxygen atoms in total. The molecule has 0 atom stereocenters. The van der Waals surface area contributed by atoms with E-state index in [9.17, 15) is 13.2 Å². The fourth-order valence-corrected chi connectivity index (χ4v) is 3.17. The van der Waals surface area contributed by atoms with Gasteiger partial charge in [0.15, 0.2) is 11.8 Å². The Hall–Kier alpha value is -1.10. The van der Waals surface area contributed by atoms with Gasteiger partial charge in [0, 0.05) is 4.47 Å².